The molecule has 0 saturated carbocycles. The molecule has 1 nitrogen and oxygen atoms in total. The van der Waals surface area contributed by atoms with Crippen LogP contribution in [0.3, 0.4) is 0 Å². The molecule has 0 fully saturated rings. The van der Waals surface area contributed by atoms with E-state index in [1.807, 2.05) is 0 Å². The monoisotopic (exact) mass is 292 g/mol. The minimum absolute atomic E-state index is 0. The van der Waals surface area contributed by atoms with Crippen molar-refractivity contribution in [2.45, 2.75) is 39.5 Å². The van der Waals surface area contributed by atoms with E-state index < -0.39 is 6.13 Å². The third kappa shape index (κ3) is 10.0. The van der Waals surface area contributed by atoms with Gasteiger partial charge >= 0.3 is 0 Å². The van der Waals surface area contributed by atoms with Crippen molar-refractivity contribution in [3.8, 4) is 0 Å². The van der Waals surface area contributed by atoms with Crippen LogP contribution in [-0.2, 0) is 29.6 Å². The molecule has 0 aromatic carbocycles. The number of hydrogen-bond acceptors (Lipinski definition) is 0. The maximum absolute atomic E-state index is 9.44. The van der Waals surface area contributed by atoms with Crippen LogP contribution in [0.2, 0.25) is 0 Å². The summed E-state index contributed by atoms with van der Waals surface area (Å²) in [6, 6.07) is 0. The molecule has 0 aromatic heterocycles. The van der Waals surface area contributed by atoms with E-state index in [0.29, 0.717) is 0 Å². The predicted molar refractivity (Wildman–Crippen MR) is 66.4 cm³/mol. The second kappa shape index (κ2) is 11.8. The van der Waals surface area contributed by atoms with Crippen molar-refractivity contribution in [3.63, 3.8) is 0 Å². The van der Waals surface area contributed by atoms with E-state index in [1.54, 1.807) is 0 Å². The minimum atomic E-state index is -1.30. The van der Waals surface area contributed by atoms with Crippen LogP contribution in [0.5, 0.6) is 0 Å². The molecule has 5 heteroatoms. The van der Waals surface area contributed by atoms with E-state index in [1.165, 1.54) is 37.2 Å². The Bertz CT molecular complexity index is 139. The zero-order chi connectivity index (χ0) is 9.40. The fourth-order valence-electron chi connectivity index (χ4n) is 0.922. The van der Waals surface area contributed by atoms with Crippen LogP contribution in [0.1, 0.15) is 39.5 Å². The summed E-state index contributed by atoms with van der Waals surface area (Å²) in [4.78, 5) is 9.44. The van der Waals surface area contributed by atoms with Crippen LogP contribution in [0.4, 0.5) is 0 Å². The van der Waals surface area contributed by atoms with Gasteiger partial charge in [0.1, 0.15) is 0 Å². The number of rotatable bonds is 6. The Balaban J connectivity index is 0. The molecule has 0 aliphatic heterocycles. The van der Waals surface area contributed by atoms with Gasteiger partial charge in [-0.2, -0.15) is 10.1 Å². The summed E-state index contributed by atoms with van der Waals surface area (Å²) >= 11 is 4.21. The predicted octanol–water partition coefficient (Wildman–Crippen LogP) is 3.08. The second-order valence-corrected chi connectivity index (χ2v) is 10.3. The van der Waals surface area contributed by atoms with E-state index in [0.717, 1.165) is 0 Å². The smallest absolute Gasteiger partial charge is 0.0631 e. The molecule has 1 N–H and O–H groups in total. The first-order chi connectivity index (χ1) is 5.72. The Hall–Kier alpha value is 1.71. The van der Waals surface area contributed by atoms with Gasteiger partial charge in [0.05, 0.1) is 6.13 Å². The summed E-state index contributed by atoms with van der Waals surface area (Å²) < 4.78 is 0. The zero-order valence-corrected chi connectivity index (χ0v) is 14.4. The molecule has 0 amide bonds. The van der Waals surface area contributed by atoms with Gasteiger partial charge in [0.15, 0.2) is 0 Å². The fourth-order valence-corrected chi connectivity index (χ4v) is 6.37. The minimum Gasteiger partial charge on any atom is -0.364 e. The summed E-state index contributed by atoms with van der Waals surface area (Å²) in [5.41, 5.74) is 0. The molecule has 78 valence electrons. The third-order valence-electron chi connectivity index (χ3n) is 1.75. The molecule has 1 unspecified atom stereocenters. The van der Waals surface area contributed by atoms with Crippen LogP contribution in [-0.4, -0.2) is 16.4 Å². The van der Waals surface area contributed by atoms with Crippen LogP contribution in [0.15, 0.2) is 0 Å². The van der Waals surface area contributed by atoms with Crippen molar-refractivity contribution in [2.24, 2.45) is 0 Å². The van der Waals surface area contributed by atoms with Gasteiger partial charge in [0.2, 0.25) is 0 Å². The average molecular weight is 294 g/mol. The second-order valence-electron chi connectivity index (χ2n) is 2.89. The Kier molecular flexibility index (Phi) is 15.5. The first kappa shape index (κ1) is 17.1. The first-order valence-corrected chi connectivity index (χ1v) is 9.67. The molecule has 1 atom stereocenters. The Morgan fingerprint density at radius 1 is 1.15 bits per heavy atom. The van der Waals surface area contributed by atoms with Gasteiger partial charge in [0.25, 0.3) is 0 Å². The van der Waals surface area contributed by atoms with E-state index in [2.05, 4.69) is 26.1 Å². The van der Waals surface area contributed by atoms with Crippen molar-refractivity contribution >= 4 is 28.4 Å². The maximum Gasteiger partial charge on any atom is 0.0631 e. The topological polar surface area (TPSA) is 20.2 Å². The normalized spacial score (nSPS) is 12.7. The van der Waals surface area contributed by atoms with Crippen LogP contribution < -0.4 is 0 Å². The largest absolute Gasteiger partial charge is 0.364 e. The summed E-state index contributed by atoms with van der Waals surface area (Å²) in [7, 11) is 0.246. The van der Waals surface area contributed by atoms with Crippen molar-refractivity contribution < 1.29 is 24.4 Å². The zero-order valence-electron chi connectivity index (χ0n) is 8.75. The van der Waals surface area contributed by atoms with E-state index in [4.69, 9.17) is 0 Å². The summed E-state index contributed by atoms with van der Waals surface area (Å²) in [6.07, 6.45) is 3.68. The van der Waals surface area contributed by atoms with Crippen molar-refractivity contribution in [1.29, 1.82) is 0 Å². The molecular formula is C8H21OPS2Zn. The van der Waals surface area contributed by atoms with Gasteiger partial charge in [-0.3, -0.25) is 0 Å². The van der Waals surface area contributed by atoms with Gasteiger partial charge in [0, 0.05) is 19.5 Å². The first-order valence-electron chi connectivity index (χ1n) is 4.64. The fraction of sp³-hybridized carbons (Fsp3) is 1.00. The standard InChI is InChI=1S/C8H21OPS2.Zn/c1-3-5-7-12(10(9)11)8-6-4-2;/h9-11H,3-8H2,1-2H3;. The van der Waals surface area contributed by atoms with Gasteiger partial charge in [-0.15, -0.1) is 12.2 Å². The van der Waals surface area contributed by atoms with Crippen LogP contribution in [0.25, 0.3) is 0 Å². The Labute approximate surface area is 103 Å². The number of hydrogen-bond donors (Lipinski definition) is 2. The van der Waals surface area contributed by atoms with E-state index in [-0.39, 0.29) is 29.6 Å². The molecule has 0 spiro atoms. The van der Waals surface area contributed by atoms with Gasteiger partial charge in [-0.05, 0) is 24.3 Å². The van der Waals surface area contributed by atoms with Crippen molar-refractivity contribution in [1.82, 2.24) is 0 Å². The molecule has 0 saturated heterocycles. The maximum atomic E-state index is 9.44. The molecule has 0 bridgehead atoms. The molecule has 0 aromatic rings. The summed E-state index contributed by atoms with van der Waals surface area (Å²) in [5, 5.41) is 0. The molecule has 0 aliphatic carbocycles. The Morgan fingerprint density at radius 2 is 1.54 bits per heavy atom. The van der Waals surface area contributed by atoms with E-state index in [9.17, 15) is 4.89 Å². The van der Waals surface area contributed by atoms with Gasteiger partial charge < -0.3 is 4.89 Å². The van der Waals surface area contributed by atoms with Crippen LogP contribution >= 0.6 is 18.4 Å². The molecule has 0 heterocycles. The van der Waals surface area contributed by atoms with E-state index >= 15 is 0 Å². The SMILES string of the molecule is CCCCS(CCCC)=[PH](O)S.[Zn]. The molecule has 0 radical (unpaired) electrons. The van der Waals surface area contributed by atoms with Gasteiger partial charge in [-0.25, -0.2) is 0 Å². The summed E-state index contributed by atoms with van der Waals surface area (Å²) in [6.45, 7) is 4.40. The third-order valence-corrected chi connectivity index (χ3v) is 8.92. The molecule has 13 heavy (non-hydrogen) atoms. The quantitative estimate of drug-likeness (QED) is 0.438. The van der Waals surface area contributed by atoms with Gasteiger partial charge in [-0.1, -0.05) is 26.7 Å². The van der Waals surface area contributed by atoms with Crippen molar-refractivity contribution in [2.75, 3.05) is 11.5 Å². The average Bonchev–Trinajstić information content (AvgIpc) is 2.04. The molecule has 0 rings (SSSR count). The van der Waals surface area contributed by atoms with Crippen LogP contribution in [0, 0.1) is 0 Å². The molecule has 0 aliphatic rings. The number of thiol groups is 1. The molecular weight excluding hydrogens is 273 g/mol. The number of unbranched alkanes of at least 4 members (excludes halogenated alkanes) is 2. The Morgan fingerprint density at radius 3 is 1.77 bits per heavy atom. The summed E-state index contributed by atoms with van der Waals surface area (Å²) in [5.74, 6) is 2.40. The van der Waals surface area contributed by atoms with Crippen molar-refractivity contribution in [3.05, 3.63) is 0 Å².